The maximum Gasteiger partial charge on any atom is 0.407 e. The first-order valence-electron chi connectivity index (χ1n) is 15.3. The average molecular weight is 621 g/mol. The van der Waals surface area contributed by atoms with Crippen LogP contribution in [0.3, 0.4) is 0 Å². The second-order valence-electron chi connectivity index (χ2n) is 11.3. The molecule has 9 heteroatoms. The van der Waals surface area contributed by atoms with E-state index in [2.05, 4.69) is 65.8 Å². The largest absolute Gasteiger partial charge is 0.501 e. The Labute approximate surface area is 267 Å². The molecular weight excluding hydrogens is 572 g/mol. The minimum absolute atomic E-state index is 0.304. The number of alkyl carbamates (subject to hydrolysis) is 1. The van der Waals surface area contributed by atoms with Crippen molar-refractivity contribution in [2.75, 3.05) is 21.3 Å². The van der Waals surface area contributed by atoms with E-state index in [0.717, 1.165) is 101 Å². The number of methoxy groups -OCH3 is 2. The molecule has 0 bridgehead atoms. The Hall–Kier alpha value is -3.72. The molecule has 1 fully saturated rings. The molecule has 2 aromatic rings. The van der Waals surface area contributed by atoms with Gasteiger partial charge in [-0.3, -0.25) is 4.99 Å². The van der Waals surface area contributed by atoms with Gasteiger partial charge in [0.2, 0.25) is 0 Å². The summed E-state index contributed by atoms with van der Waals surface area (Å²) in [6.07, 6.45) is 7.19. The van der Waals surface area contributed by atoms with Crippen molar-refractivity contribution in [3.8, 4) is 11.1 Å². The number of nitrogens with zero attached hydrogens (tertiary/aromatic N) is 2. The fourth-order valence-corrected chi connectivity index (χ4v) is 6.08. The highest BCUT2D eigenvalue weighted by Crippen LogP contribution is 2.35. The van der Waals surface area contributed by atoms with E-state index in [1.807, 2.05) is 26.0 Å². The van der Waals surface area contributed by atoms with Crippen LogP contribution in [0.25, 0.3) is 11.1 Å². The van der Waals surface area contributed by atoms with Crippen molar-refractivity contribution >= 4 is 30.2 Å². The number of amides is 1. The molecule has 44 heavy (non-hydrogen) atoms. The summed E-state index contributed by atoms with van der Waals surface area (Å²) in [5.74, 6) is 1.78. The normalized spacial score (nSPS) is 14.8. The molecule has 1 aliphatic carbocycles. The summed E-state index contributed by atoms with van der Waals surface area (Å²) >= 11 is 1.48. The number of ether oxygens (including phenoxy) is 2. The highest BCUT2D eigenvalue weighted by Gasteiger charge is 2.34. The van der Waals surface area contributed by atoms with E-state index in [0.29, 0.717) is 13.1 Å². The van der Waals surface area contributed by atoms with Crippen LogP contribution in [-0.4, -0.2) is 49.9 Å². The van der Waals surface area contributed by atoms with Crippen LogP contribution >= 0.6 is 11.9 Å². The van der Waals surface area contributed by atoms with Gasteiger partial charge >= 0.3 is 6.09 Å². The zero-order valence-electron chi connectivity index (χ0n) is 27.1. The Morgan fingerprint density at radius 1 is 1.11 bits per heavy atom. The van der Waals surface area contributed by atoms with Crippen LogP contribution in [0.4, 0.5) is 4.79 Å². The molecule has 0 radical (unpaired) electrons. The summed E-state index contributed by atoms with van der Waals surface area (Å²) in [5.41, 5.74) is 5.21. The van der Waals surface area contributed by atoms with E-state index in [1.165, 1.54) is 19.1 Å². The monoisotopic (exact) mass is 620 g/mol. The lowest BCUT2D eigenvalue weighted by atomic mass is 9.97. The lowest BCUT2D eigenvalue weighted by Crippen LogP contribution is -2.33. The molecule has 0 aliphatic heterocycles. The van der Waals surface area contributed by atoms with Crippen molar-refractivity contribution in [1.29, 1.82) is 0 Å². The van der Waals surface area contributed by atoms with Gasteiger partial charge in [-0.2, -0.15) is 0 Å². The number of benzene rings is 2. The average Bonchev–Trinajstić information content (AvgIpc) is 3.52. The number of carbonyl (C=O) groups excluding carboxylic acids is 2. The standard InChI is InChI=1S/C35H48N4O4S/c1-8-9-16-33(37-35(24-40)19-12-13-20-35)39(5)23-28-17-18-30(29(21-28)22-36-34(41)43-7)31-14-10-11-15-32(31)44-38-26(3)25(2)27(4)42-6/h10-11,14-15,17-18,21,24,38H,3,8-9,12-13,16,19-20,22-23H2,1-2,4-7H3,(H,36,41)/b27-25-,37-33?. The van der Waals surface area contributed by atoms with Crippen molar-refractivity contribution in [3.63, 3.8) is 0 Å². The maximum absolute atomic E-state index is 12.1. The van der Waals surface area contributed by atoms with Gasteiger partial charge in [0.15, 0.2) is 0 Å². The Morgan fingerprint density at radius 2 is 1.84 bits per heavy atom. The van der Waals surface area contributed by atoms with Gasteiger partial charge in [0.05, 0.1) is 20.0 Å². The lowest BCUT2D eigenvalue weighted by Gasteiger charge is -2.27. The van der Waals surface area contributed by atoms with Crippen LogP contribution in [0.1, 0.15) is 76.8 Å². The van der Waals surface area contributed by atoms with Gasteiger partial charge in [-0.05, 0) is 73.4 Å². The molecule has 2 aromatic carbocycles. The number of hydrogen-bond acceptors (Lipinski definition) is 7. The van der Waals surface area contributed by atoms with Gasteiger partial charge < -0.3 is 29.2 Å². The van der Waals surface area contributed by atoms with Crippen molar-refractivity contribution in [1.82, 2.24) is 14.9 Å². The molecule has 3 rings (SSSR count). The number of rotatable bonds is 15. The molecule has 1 saturated carbocycles. The van der Waals surface area contributed by atoms with Crippen molar-refractivity contribution in [2.45, 2.75) is 89.2 Å². The van der Waals surface area contributed by atoms with Crippen LogP contribution < -0.4 is 10.0 Å². The fraction of sp³-hybridized carbons (Fsp3) is 0.457. The lowest BCUT2D eigenvalue weighted by molar-refractivity contribution is -0.112. The van der Waals surface area contributed by atoms with Gasteiger partial charge in [-0.15, -0.1) is 0 Å². The van der Waals surface area contributed by atoms with E-state index in [9.17, 15) is 9.59 Å². The highest BCUT2D eigenvalue weighted by molar-refractivity contribution is 7.97. The third-order valence-electron chi connectivity index (χ3n) is 8.18. The Kier molecular flexibility index (Phi) is 13.4. The third-order valence-corrected chi connectivity index (χ3v) is 9.11. The van der Waals surface area contributed by atoms with Crippen LogP contribution in [0.15, 0.2) is 76.0 Å². The smallest absolute Gasteiger partial charge is 0.407 e. The summed E-state index contributed by atoms with van der Waals surface area (Å²) < 4.78 is 13.6. The number of unbranched alkanes of at least 4 members (excludes halogenated alkanes) is 1. The first-order chi connectivity index (χ1) is 21.2. The molecule has 8 nitrogen and oxygen atoms in total. The molecule has 0 heterocycles. The number of aldehydes is 1. The first-order valence-corrected chi connectivity index (χ1v) is 16.1. The quantitative estimate of drug-likeness (QED) is 0.0524. The molecule has 0 unspecified atom stereocenters. The molecule has 0 saturated heterocycles. The second kappa shape index (κ2) is 16.9. The van der Waals surface area contributed by atoms with Crippen molar-refractivity contribution < 1.29 is 19.1 Å². The number of hydrogen-bond donors (Lipinski definition) is 2. The van der Waals surface area contributed by atoms with Gasteiger partial charge in [0.1, 0.15) is 17.7 Å². The van der Waals surface area contributed by atoms with E-state index in [4.69, 9.17) is 14.5 Å². The molecule has 1 aliphatic rings. The molecule has 1 amide bonds. The molecule has 0 aromatic heterocycles. The Bertz CT molecular complexity index is 1360. The SMILES string of the molecule is C=C(NSc1ccccc1-c1ccc(CN(C)C(CCCC)=NC2(C=O)CCCC2)cc1CNC(=O)OC)/C(C)=C(/C)OC. The Balaban J connectivity index is 1.94. The zero-order valence-corrected chi connectivity index (χ0v) is 27.9. The minimum atomic E-state index is -0.589. The number of allylic oxidation sites excluding steroid dienone is 2. The number of nitrogens with one attached hydrogen (secondary N) is 2. The molecular formula is C35H48N4O4S. The summed E-state index contributed by atoms with van der Waals surface area (Å²) in [5, 5.41) is 2.86. The fourth-order valence-electron chi connectivity index (χ4n) is 5.26. The highest BCUT2D eigenvalue weighted by atomic mass is 32.2. The molecule has 0 spiro atoms. The minimum Gasteiger partial charge on any atom is -0.501 e. The number of carbonyl (C=O) groups is 2. The summed E-state index contributed by atoms with van der Waals surface area (Å²) in [6, 6.07) is 14.5. The van der Waals surface area contributed by atoms with E-state index >= 15 is 0 Å². The van der Waals surface area contributed by atoms with Gasteiger partial charge in [0.25, 0.3) is 0 Å². The zero-order chi connectivity index (χ0) is 32.1. The van der Waals surface area contributed by atoms with E-state index in [-0.39, 0.29) is 0 Å². The molecule has 238 valence electrons. The van der Waals surface area contributed by atoms with E-state index < -0.39 is 11.6 Å². The van der Waals surface area contributed by atoms with Crippen molar-refractivity contribution in [3.05, 3.63) is 77.2 Å². The summed E-state index contributed by atoms with van der Waals surface area (Å²) in [4.78, 5) is 32.4. The summed E-state index contributed by atoms with van der Waals surface area (Å²) in [6.45, 7) is 11.1. The number of aliphatic imine (C=N–C) groups is 1. The van der Waals surface area contributed by atoms with E-state index in [1.54, 1.807) is 7.11 Å². The van der Waals surface area contributed by atoms with Crippen LogP contribution in [0.2, 0.25) is 0 Å². The number of amidine groups is 1. The predicted molar refractivity (Wildman–Crippen MR) is 180 cm³/mol. The van der Waals surface area contributed by atoms with Gasteiger partial charge in [0, 0.05) is 42.7 Å². The third kappa shape index (κ3) is 9.39. The van der Waals surface area contributed by atoms with Gasteiger partial charge in [-0.25, -0.2) is 4.79 Å². The second-order valence-corrected chi connectivity index (χ2v) is 12.2. The van der Waals surface area contributed by atoms with Gasteiger partial charge in [-0.1, -0.05) is 69.2 Å². The predicted octanol–water partition coefficient (Wildman–Crippen LogP) is 7.79. The molecule has 0 atom stereocenters. The molecule has 2 N–H and O–H groups in total. The van der Waals surface area contributed by atoms with Crippen LogP contribution in [-0.2, 0) is 27.4 Å². The topological polar surface area (TPSA) is 92.3 Å². The summed E-state index contributed by atoms with van der Waals surface area (Å²) in [7, 11) is 5.06. The first kappa shape index (κ1) is 34.8. The van der Waals surface area contributed by atoms with Crippen molar-refractivity contribution in [2.24, 2.45) is 4.99 Å². The maximum atomic E-state index is 12.1. The van der Waals surface area contributed by atoms with Crippen LogP contribution in [0, 0.1) is 0 Å². The Morgan fingerprint density at radius 3 is 2.50 bits per heavy atom. The van der Waals surface area contributed by atoms with Crippen LogP contribution in [0.5, 0.6) is 0 Å².